The van der Waals surface area contributed by atoms with E-state index in [0.717, 1.165) is 0 Å². The average molecular weight is 537 g/mol. The van der Waals surface area contributed by atoms with Crippen molar-refractivity contribution < 1.29 is 19.1 Å². The van der Waals surface area contributed by atoms with Gasteiger partial charge in [-0.25, -0.2) is 9.78 Å². The molecule has 4 rings (SSSR count). The molecule has 1 aliphatic heterocycles. The number of halogens is 1. The third-order valence-electron chi connectivity index (χ3n) is 5.60. The van der Waals surface area contributed by atoms with Gasteiger partial charge < -0.3 is 19.7 Å². The molecule has 1 aromatic carbocycles. The van der Waals surface area contributed by atoms with Crippen molar-refractivity contribution in [2.75, 3.05) is 37.9 Å². The lowest BCUT2D eigenvalue weighted by atomic mass is 10.1. The molecule has 2 aromatic heterocycles. The average Bonchev–Trinajstić information content (AvgIpc) is 3.32. The van der Waals surface area contributed by atoms with Crippen LogP contribution in [0.4, 0.5) is 10.5 Å². The molecule has 2 amide bonds. The maximum absolute atomic E-state index is 13.4. The van der Waals surface area contributed by atoms with Crippen LogP contribution in [0.5, 0.6) is 5.75 Å². The van der Waals surface area contributed by atoms with Gasteiger partial charge in [-0.15, -0.1) is 11.3 Å². The van der Waals surface area contributed by atoms with E-state index in [2.05, 4.69) is 10.3 Å². The van der Waals surface area contributed by atoms with Crippen molar-refractivity contribution in [2.24, 2.45) is 0 Å². The molecule has 1 saturated heterocycles. The summed E-state index contributed by atoms with van der Waals surface area (Å²) in [5.74, 6) is 0.258. The number of hydrogen-bond acceptors (Lipinski definition) is 8. The number of carbonyl (C=O) groups is 2. The number of amides is 2. The van der Waals surface area contributed by atoms with Crippen LogP contribution in [-0.2, 0) is 9.53 Å². The Balaban J connectivity index is 1.53. The maximum atomic E-state index is 13.4. The van der Waals surface area contributed by atoms with Gasteiger partial charge >= 0.3 is 6.09 Å². The van der Waals surface area contributed by atoms with E-state index in [0.29, 0.717) is 64.4 Å². The Hall–Kier alpha value is -2.76. The van der Waals surface area contributed by atoms with Gasteiger partial charge in [-0.2, -0.15) is 0 Å². The second kappa shape index (κ2) is 11.3. The zero-order chi connectivity index (χ0) is 24.9. The highest BCUT2D eigenvalue weighted by molar-refractivity contribution is 7.99. The summed E-state index contributed by atoms with van der Waals surface area (Å²) in [6.45, 7) is 3.06. The van der Waals surface area contributed by atoms with Gasteiger partial charge in [0.25, 0.3) is 5.56 Å². The lowest BCUT2D eigenvalue weighted by Crippen LogP contribution is -2.41. The second-order valence-electron chi connectivity index (χ2n) is 7.80. The van der Waals surface area contributed by atoms with Crippen molar-refractivity contribution in [1.29, 1.82) is 0 Å². The Morgan fingerprint density at radius 1 is 1.29 bits per heavy atom. The van der Waals surface area contributed by atoms with Gasteiger partial charge in [0.15, 0.2) is 5.16 Å². The van der Waals surface area contributed by atoms with E-state index >= 15 is 0 Å². The van der Waals surface area contributed by atoms with Crippen LogP contribution in [0.2, 0.25) is 5.02 Å². The number of aromatic nitrogens is 2. The normalized spacial score (nSPS) is 14.2. The fourth-order valence-electron chi connectivity index (χ4n) is 3.94. The van der Waals surface area contributed by atoms with Crippen LogP contribution in [0.25, 0.3) is 10.2 Å². The van der Waals surface area contributed by atoms with Crippen LogP contribution < -0.4 is 15.6 Å². The van der Waals surface area contributed by atoms with Gasteiger partial charge in [0.2, 0.25) is 5.91 Å². The molecule has 35 heavy (non-hydrogen) atoms. The molecule has 12 heteroatoms. The number of nitrogens with zero attached hydrogens (tertiary/aromatic N) is 3. The Morgan fingerprint density at radius 2 is 2.06 bits per heavy atom. The zero-order valence-electron chi connectivity index (χ0n) is 19.3. The molecule has 0 aliphatic carbocycles. The van der Waals surface area contributed by atoms with E-state index in [4.69, 9.17) is 21.1 Å². The van der Waals surface area contributed by atoms with Gasteiger partial charge in [-0.1, -0.05) is 23.4 Å². The molecule has 1 aliphatic rings. The highest BCUT2D eigenvalue weighted by Gasteiger charge is 2.28. The minimum atomic E-state index is -0.340. The number of nitrogens with one attached hydrogen (secondary N) is 1. The lowest BCUT2D eigenvalue weighted by Gasteiger charge is -2.32. The van der Waals surface area contributed by atoms with Crippen LogP contribution >= 0.6 is 34.7 Å². The number of methoxy groups -OCH3 is 1. The van der Waals surface area contributed by atoms with E-state index in [1.807, 2.05) is 5.38 Å². The Kier molecular flexibility index (Phi) is 8.19. The zero-order valence-corrected chi connectivity index (χ0v) is 21.7. The summed E-state index contributed by atoms with van der Waals surface area (Å²) in [6.07, 6.45) is 0.848. The minimum absolute atomic E-state index is 0.0411. The Morgan fingerprint density at radius 3 is 2.77 bits per heavy atom. The van der Waals surface area contributed by atoms with Crippen molar-refractivity contribution in [3.05, 3.63) is 45.0 Å². The molecule has 9 nitrogen and oxygen atoms in total. The molecule has 0 unspecified atom stereocenters. The number of anilines is 1. The molecule has 0 bridgehead atoms. The predicted molar refractivity (Wildman–Crippen MR) is 138 cm³/mol. The summed E-state index contributed by atoms with van der Waals surface area (Å²) in [5, 5.41) is 5.59. The monoisotopic (exact) mass is 536 g/mol. The van der Waals surface area contributed by atoms with Crippen LogP contribution in [-0.4, -0.2) is 59.0 Å². The number of thioether (sulfide) groups is 1. The molecule has 0 radical (unpaired) electrons. The molecular weight excluding hydrogens is 512 g/mol. The number of ether oxygens (including phenoxy) is 2. The number of fused-ring (bicyclic) bond motifs is 1. The summed E-state index contributed by atoms with van der Waals surface area (Å²) in [5.41, 5.74) is 0.953. The van der Waals surface area contributed by atoms with E-state index in [1.165, 1.54) is 30.2 Å². The number of thiophene rings is 1. The number of benzene rings is 1. The van der Waals surface area contributed by atoms with E-state index in [-0.39, 0.29) is 29.4 Å². The van der Waals surface area contributed by atoms with Crippen molar-refractivity contribution in [3.63, 3.8) is 0 Å². The van der Waals surface area contributed by atoms with Crippen molar-refractivity contribution in [3.8, 4) is 5.75 Å². The van der Waals surface area contributed by atoms with Crippen molar-refractivity contribution in [2.45, 2.75) is 31.0 Å². The molecule has 186 valence electrons. The molecule has 3 heterocycles. The minimum Gasteiger partial charge on any atom is -0.495 e. The molecule has 1 fully saturated rings. The number of hydrogen-bond donors (Lipinski definition) is 1. The van der Waals surface area contributed by atoms with Gasteiger partial charge in [0, 0.05) is 24.2 Å². The van der Waals surface area contributed by atoms with Crippen LogP contribution in [0.3, 0.4) is 0 Å². The van der Waals surface area contributed by atoms with Crippen LogP contribution in [0, 0.1) is 0 Å². The van der Waals surface area contributed by atoms with E-state index < -0.39 is 0 Å². The summed E-state index contributed by atoms with van der Waals surface area (Å²) in [7, 11) is 1.51. The standard InChI is InChI=1S/C23H25ClN4O5S2/c1-3-33-23(31)27-9-6-15(7-10-27)28-21(30)20-16(8-11-34-20)26-22(28)35-13-19(29)25-17-12-14(24)4-5-18(17)32-2/h4-5,8,11-12,15H,3,6-7,9-10,13H2,1-2H3,(H,25,29). The third-order valence-corrected chi connectivity index (χ3v) is 7.68. The first-order valence-corrected chi connectivity index (χ1v) is 13.3. The van der Waals surface area contributed by atoms with E-state index in [9.17, 15) is 14.4 Å². The summed E-state index contributed by atoms with van der Waals surface area (Å²) in [4.78, 5) is 44.5. The molecule has 1 N–H and O–H groups in total. The Labute approximate surface area is 215 Å². The molecule has 0 spiro atoms. The highest BCUT2D eigenvalue weighted by Crippen LogP contribution is 2.30. The molecule has 0 saturated carbocycles. The number of likely N-dealkylation sites (tertiary alicyclic amines) is 1. The Bertz CT molecular complexity index is 1290. The fraction of sp³-hybridized carbons (Fsp3) is 0.391. The topological polar surface area (TPSA) is 103 Å². The quantitative estimate of drug-likeness (QED) is 0.346. The second-order valence-corrected chi connectivity index (χ2v) is 10.1. The summed E-state index contributed by atoms with van der Waals surface area (Å²) < 4.78 is 12.6. The van der Waals surface area contributed by atoms with Crippen LogP contribution in [0.1, 0.15) is 25.8 Å². The number of rotatable bonds is 7. The largest absolute Gasteiger partial charge is 0.495 e. The van der Waals surface area contributed by atoms with Crippen LogP contribution in [0.15, 0.2) is 39.6 Å². The highest BCUT2D eigenvalue weighted by atomic mass is 35.5. The number of piperidine rings is 1. The number of carbonyl (C=O) groups excluding carboxylic acids is 2. The molecular formula is C23H25ClN4O5S2. The predicted octanol–water partition coefficient (Wildman–Crippen LogP) is 4.64. The maximum Gasteiger partial charge on any atom is 0.409 e. The SMILES string of the molecule is CCOC(=O)N1CCC(n2c(SCC(=O)Nc3cc(Cl)ccc3OC)nc3ccsc3c2=O)CC1. The van der Waals surface area contributed by atoms with Gasteiger partial charge in [-0.3, -0.25) is 14.2 Å². The van der Waals surface area contributed by atoms with Gasteiger partial charge in [0.1, 0.15) is 10.4 Å². The van der Waals surface area contributed by atoms with Crippen molar-refractivity contribution in [1.82, 2.24) is 14.5 Å². The molecule has 0 atom stereocenters. The smallest absolute Gasteiger partial charge is 0.409 e. The van der Waals surface area contributed by atoms with Gasteiger partial charge in [-0.05, 0) is 49.4 Å². The first kappa shape index (κ1) is 25.3. The first-order valence-electron chi connectivity index (χ1n) is 11.1. The summed E-state index contributed by atoms with van der Waals surface area (Å²) in [6, 6.07) is 6.64. The van der Waals surface area contributed by atoms with Gasteiger partial charge in [0.05, 0.1) is 30.7 Å². The lowest BCUT2D eigenvalue weighted by molar-refractivity contribution is -0.113. The van der Waals surface area contributed by atoms with Crippen molar-refractivity contribution >= 4 is 62.6 Å². The third kappa shape index (κ3) is 5.74. The summed E-state index contributed by atoms with van der Waals surface area (Å²) >= 11 is 8.60. The van der Waals surface area contributed by atoms with E-state index in [1.54, 1.807) is 40.7 Å². The molecule has 3 aromatic rings. The fourth-order valence-corrected chi connectivity index (χ4v) is 5.75. The first-order chi connectivity index (χ1) is 16.9.